The molecular weight excluding hydrogens is 361 g/mol. The van der Waals surface area contributed by atoms with E-state index in [1.807, 2.05) is 23.5 Å². The number of nitrogens with one attached hydrogen (secondary N) is 2. The van der Waals surface area contributed by atoms with Crippen molar-refractivity contribution in [3.05, 3.63) is 54.6 Å². The molecule has 1 fully saturated rings. The van der Waals surface area contributed by atoms with Gasteiger partial charge in [-0.1, -0.05) is 18.2 Å². The maximum atomic E-state index is 12.7. The quantitative estimate of drug-likeness (QED) is 0.794. The normalized spacial score (nSPS) is 19.9. The highest BCUT2D eigenvalue weighted by atomic mass is 19.4. The SMILES string of the molecule is O=C(Nc1ccc(Oc2ccccc2)cc1)C1CCC(C(F)(F)F)NC1=O. The van der Waals surface area contributed by atoms with Gasteiger partial charge >= 0.3 is 6.18 Å². The van der Waals surface area contributed by atoms with Crippen LogP contribution >= 0.6 is 0 Å². The van der Waals surface area contributed by atoms with Crippen LogP contribution in [0, 0.1) is 5.92 Å². The van der Waals surface area contributed by atoms with Crippen molar-refractivity contribution in [2.24, 2.45) is 5.92 Å². The van der Waals surface area contributed by atoms with Crippen LogP contribution in [0.1, 0.15) is 12.8 Å². The summed E-state index contributed by atoms with van der Waals surface area (Å²) < 4.78 is 43.6. The van der Waals surface area contributed by atoms with Crippen molar-refractivity contribution in [1.29, 1.82) is 0 Å². The number of ether oxygens (including phenoxy) is 1. The molecule has 27 heavy (non-hydrogen) atoms. The summed E-state index contributed by atoms with van der Waals surface area (Å²) in [5.74, 6) is -1.48. The van der Waals surface area contributed by atoms with Gasteiger partial charge in [-0.25, -0.2) is 0 Å². The van der Waals surface area contributed by atoms with Crippen LogP contribution in [0.3, 0.4) is 0 Å². The van der Waals surface area contributed by atoms with Crippen LogP contribution in [0.5, 0.6) is 11.5 Å². The largest absolute Gasteiger partial charge is 0.457 e. The van der Waals surface area contributed by atoms with Gasteiger partial charge in [0.05, 0.1) is 0 Å². The summed E-state index contributed by atoms with van der Waals surface area (Å²) in [5, 5.41) is 4.41. The summed E-state index contributed by atoms with van der Waals surface area (Å²) in [4.78, 5) is 24.1. The Morgan fingerprint density at radius 1 is 1.00 bits per heavy atom. The van der Waals surface area contributed by atoms with Crippen molar-refractivity contribution < 1.29 is 27.5 Å². The third kappa shape index (κ3) is 4.78. The molecular formula is C19H17F3N2O3. The van der Waals surface area contributed by atoms with Crippen LogP contribution in [0.25, 0.3) is 0 Å². The summed E-state index contributed by atoms with van der Waals surface area (Å²) in [6.07, 6.45) is -4.99. The maximum absolute atomic E-state index is 12.7. The van der Waals surface area contributed by atoms with Gasteiger partial charge in [-0.05, 0) is 49.2 Å². The Bertz CT molecular complexity index is 807. The number of carbonyl (C=O) groups excluding carboxylic acids is 2. The maximum Gasteiger partial charge on any atom is 0.408 e. The molecule has 5 nitrogen and oxygen atoms in total. The fraction of sp³-hybridized carbons (Fsp3) is 0.263. The third-order valence-electron chi connectivity index (χ3n) is 4.19. The average molecular weight is 378 g/mol. The zero-order valence-corrected chi connectivity index (χ0v) is 14.1. The smallest absolute Gasteiger partial charge is 0.408 e. The third-order valence-corrected chi connectivity index (χ3v) is 4.19. The number of carbonyl (C=O) groups is 2. The Morgan fingerprint density at radius 3 is 2.22 bits per heavy atom. The monoisotopic (exact) mass is 378 g/mol. The van der Waals surface area contributed by atoms with Crippen molar-refractivity contribution in [3.63, 3.8) is 0 Å². The van der Waals surface area contributed by atoms with Gasteiger partial charge in [-0.3, -0.25) is 9.59 Å². The summed E-state index contributed by atoms with van der Waals surface area (Å²) in [7, 11) is 0. The lowest BCUT2D eigenvalue weighted by molar-refractivity contribution is -0.170. The number of rotatable bonds is 4. The van der Waals surface area contributed by atoms with Crippen LogP contribution in [-0.4, -0.2) is 24.0 Å². The molecule has 2 atom stereocenters. The molecule has 1 aliphatic rings. The molecule has 0 bridgehead atoms. The van der Waals surface area contributed by atoms with E-state index in [-0.39, 0.29) is 12.8 Å². The zero-order chi connectivity index (χ0) is 19.4. The Morgan fingerprint density at radius 2 is 1.63 bits per heavy atom. The number of piperidine rings is 1. The van der Waals surface area contributed by atoms with Gasteiger partial charge in [0.15, 0.2) is 0 Å². The number of benzene rings is 2. The van der Waals surface area contributed by atoms with Crippen molar-refractivity contribution in [1.82, 2.24) is 5.32 Å². The topological polar surface area (TPSA) is 67.4 Å². The first-order valence-electron chi connectivity index (χ1n) is 8.34. The van der Waals surface area contributed by atoms with Gasteiger partial charge in [0.1, 0.15) is 23.5 Å². The lowest BCUT2D eigenvalue weighted by atomic mass is 9.92. The predicted octanol–water partition coefficient (Wildman–Crippen LogP) is 3.87. The van der Waals surface area contributed by atoms with Crippen molar-refractivity contribution in [3.8, 4) is 11.5 Å². The molecule has 2 unspecified atom stereocenters. The van der Waals surface area contributed by atoms with E-state index in [0.717, 1.165) is 0 Å². The van der Waals surface area contributed by atoms with Crippen LogP contribution in [0.2, 0.25) is 0 Å². The number of hydrogen-bond acceptors (Lipinski definition) is 3. The zero-order valence-electron chi connectivity index (χ0n) is 14.1. The van der Waals surface area contributed by atoms with E-state index < -0.39 is 30.0 Å². The molecule has 2 aromatic rings. The number of para-hydroxylation sites is 1. The fourth-order valence-electron chi connectivity index (χ4n) is 2.76. The van der Waals surface area contributed by atoms with Crippen molar-refractivity contribution >= 4 is 17.5 Å². The van der Waals surface area contributed by atoms with E-state index >= 15 is 0 Å². The number of halogens is 3. The lowest BCUT2D eigenvalue weighted by Crippen LogP contribution is -2.53. The molecule has 142 valence electrons. The molecule has 1 heterocycles. The van der Waals surface area contributed by atoms with Crippen LogP contribution in [-0.2, 0) is 9.59 Å². The fourth-order valence-corrected chi connectivity index (χ4v) is 2.76. The van der Waals surface area contributed by atoms with Crippen molar-refractivity contribution in [2.75, 3.05) is 5.32 Å². The molecule has 2 aromatic carbocycles. The first-order chi connectivity index (χ1) is 12.8. The van der Waals surface area contributed by atoms with E-state index in [9.17, 15) is 22.8 Å². The summed E-state index contributed by atoms with van der Waals surface area (Å²) in [5.41, 5.74) is 0.422. The van der Waals surface area contributed by atoms with Gasteiger partial charge in [0, 0.05) is 5.69 Å². The molecule has 0 radical (unpaired) electrons. The van der Waals surface area contributed by atoms with Crippen LogP contribution in [0.4, 0.5) is 18.9 Å². The first kappa shape index (κ1) is 18.8. The van der Waals surface area contributed by atoms with E-state index in [4.69, 9.17) is 4.74 Å². The molecule has 3 rings (SSSR count). The second kappa shape index (κ2) is 7.69. The Hall–Kier alpha value is -3.03. The number of anilines is 1. The van der Waals surface area contributed by atoms with Crippen molar-refractivity contribution in [2.45, 2.75) is 25.1 Å². The standard InChI is InChI=1S/C19H17F3N2O3/c20-19(21,22)16-11-10-15(18(26)24-16)17(25)23-12-6-8-14(9-7-12)27-13-4-2-1-3-5-13/h1-9,15-16H,10-11H2,(H,23,25)(H,24,26). The number of alkyl halides is 3. The van der Waals surface area contributed by atoms with Gasteiger partial charge in [0.2, 0.25) is 11.8 Å². The molecule has 8 heteroatoms. The van der Waals surface area contributed by atoms with Crippen LogP contribution in [0.15, 0.2) is 54.6 Å². The first-order valence-corrected chi connectivity index (χ1v) is 8.34. The van der Waals surface area contributed by atoms with E-state index in [1.165, 1.54) is 0 Å². The Balaban J connectivity index is 1.57. The molecule has 2 amide bonds. The summed E-state index contributed by atoms with van der Waals surface area (Å²) >= 11 is 0. The van der Waals surface area contributed by atoms with E-state index in [0.29, 0.717) is 17.2 Å². The molecule has 0 aromatic heterocycles. The highest BCUT2D eigenvalue weighted by molar-refractivity contribution is 6.06. The second-order valence-electron chi connectivity index (χ2n) is 6.16. The predicted molar refractivity (Wildman–Crippen MR) is 92.3 cm³/mol. The molecule has 0 aliphatic carbocycles. The highest BCUT2D eigenvalue weighted by Crippen LogP contribution is 2.29. The molecule has 1 aliphatic heterocycles. The minimum Gasteiger partial charge on any atom is -0.457 e. The number of hydrogen-bond donors (Lipinski definition) is 2. The minimum atomic E-state index is -4.51. The summed E-state index contributed by atoms with van der Waals surface area (Å²) in [6.45, 7) is 0. The minimum absolute atomic E-state index is 0.156. The second-order valence-corrected chi connectivity index (χ2v) is 6.16. The van der Waals surface area contributed by atoms with E-state index in [1.54, 1.807) is 36.4 Å². The molecule has 0 spiro atoms. The molecule has 1 saturated heterocycles. The Kier molecular flexibility index (Phi) is 5.34. The van der Waals surface area contributed by atoms with Crippen LogP contribution < -0.4 is 15.4 Å². The number of amides is 2. The lowest BCUT2D eigenvalue weighted by Gasteiger charge is -2.29. The summed E-state index contributed by atoms with van der Waals surface area (Å²) in [6, 6.07) is 13.7. The average Bonchev–Trinajstić information content (AvgIpc) is 2.63. The molecule has 0 saturated carbocycles. The molecule has 2 N–H and O–H groups in total. The Labute approximate surface area is 153 Å². The van der Waals surface area contributed by atoms with Gasteiger partial charge in [-0.15, -0.1) is 0 Å². The van der Waals surface area contributed by atoms with Gasteiger partial charge < -0.3 is 15.4 Å². The van der Waals surface area contributed by atoms with Gasteiger partial charge in [0.25, 0.3) is 0 Å². The highest BCUT2D eigenvalue weighted by Gasteiger charge is 2.45. The van der Waals surface area contributed by atoms with Gasteiger partial charge in [-0.2, -0.15) is 13.2 Å². The van der Waals surface area contributed by atoms with E-state index in [2.05, 4.69) is 5.32 Å².